The van der Waals surface area contributed by atoms with Crippen molar-refractivity contribution in [1.82, 2.24) is 5.32 Å². The Kier molecular flexibility index (Phi) is 5.28. The summed E-state index contributed by atoms with van der Waals surface area (Å²) in [6, 6.07) is 8.23. The Morgan fingerprint density at radius 2 is 2.30 bits per heavy atom. The maximum atomic E-state index is 8.90. The van der Waals surface area contributed by atoms with Crippen molar-refractivity contribution in [2.24, 2.45) is 5.92 Å². The van der Waals surface area contributed by atoms with Crippen LogP contribution in [0.15, 0.2) is 18.2 Å². The number of anilines is 1. The minimum absolute atomic E-state index is 0.531. The fourth-order valence-corrected chi connectivity index (χ4v) is 2.99. The van der Waals surface area contributed by atoms with Crippen molar-refractivity contribution in [2.45, 2.75) is 32.7 Å². The zero-order valence-corrected chi connectivity index (χ0v) is 13.0. The summed E-state index contributed by atoms with van der Waals surface area (Å²) in [5.41, 5.74) is 1.67. The lowest BCUT2D eigenvalue weighted by molar-refractivity contribution is 0.379. The van der Waals surface area contributed by atoms with Crippen molar-refractivity contribution in [3.63, 3.8) is 0 Å². The van der Waals surface area contributed by atoms with E-state index >= 15 is 0 Å². The predicted octanol–water partition coefficient (Wildman–Crippen LogP) is 3.43. The van der Waals surface area contributed by atoms with E-state index in [2.05, 4.69) is 30.1 Å². The molecule has 1 atom stereocenters. The lowest BCUT2D eigenvalue weighted by atomic mass is 9.97. The second kappa shape index (κ2) is 6.97. The van der Waals surface area contributed by atoms with Gasteiger partial charge in [0.15, 0.2) is 0 Å². The van der Waals surface area contributed by atoms with E-state index in [9.17, 15) is 0 Å². The Bertz CT molecular complexity index is 493. The molecule has 0 saturated carbocycles. The Morgan fingerprint density at radius 1 is 1.50 bits per heavy atom. The molecule has 2 rings (SSSR count). The van der Waals surface area contributed by atoms with E-state index < -0.39 is 0 Å². The smallest absolute Gasteiger partial charge is 0.0992 e. The molecule has 1 aromatic carbocycles. The largest absolute Gasteiger partial charge is 0.370 e. The normalized spacial score (nSPS) is 19.1. The monoisotopic (exact) mass is 291 g/mol. The maximum absolute atomic E-state index is 8.90. The zero-order chi connectivity index (χ0) is 14.5. The molecule has 3 nitrogen and oxygen atoms in total. The van der Waals surface area contributed by atoms with Gasteiger partial charge in [0, 0.05) is 19.1 Å². The Balaban J connectivity index is 2.03. The molecule has 0 amide bonds. The molecule has 0 aromatic heterocycles. The third-order valence-electron chi connectivity index (χ3n) is 3.75. The van der Waals surface area contributed by atoms with Gasteiger partial charge in [-0.2, -0.15) is 5.26 Å². The van der Waals surface area contributed by atoms with Crippen LogP contribution in [0.2, 0.25) is 5.02 Å². The summed E-state index contributed by atoms with van der Waals surface area (Å²) in [5.74, 6) is 0.665. The van der Waals surface area contributed by atoms with E-state index in [0.717, 1.165) is 25.3 Å². The van der Waals surface area contributed by atoms with Crippen LogP contribution in [0.3, 0.4) is 0 Å². The molecule has 1 saturated heterocycles. The molecule has 1 N–H and O–H groups in total. The number of nitrogens with zero attached hydrogens (tertiary/aromatic N) is 2. The van der Waals surface area contributed by atoms with Gasteiger partial charge in [0.1, 0.15) is 0 Å². The van der Waals surface area contributed by atoms with Gasteiger partial charge in [0.05, 0.1) is 22.3 Å². The SMILES string of the molecule is CC(C)NCC1CCCN(c2ccc(C#N)cc2Cl)C1. The summed E-state index contributed by atoms with van der Waals surface area (Å²) in [7, 11) is 0. The Hall–Kier alpha value is -1.24. The molecule has 1 unspecified atom stereocenters. The Morgan fingerprint density at radius 3 is 2.95 bits per heavy atom. The summed E-state index contributed by atoms with van der Waals surface area (Å²) >= 11 is 6.31. The molecule has 1 aromatic rings. The molecule has 0 bridgehead atoms. The van der Waals surface area contributed by atoms with Crippen LogP contribution in [0, 0.1) is 17.2 Å². The predicted molar refractivity (Wildman–Crippen MR) is 84.2 cm³/mol. The lowest BCUT2D eigenvalue weighted by Crippen LogP contribution is -2.41. The number of halogens is 1. The summed E-state index contributed by atoms with van der Waals surface area (Å²) in [4.78, 5) is 2.35. The molecule has 0 aliphatic carbocycles. The van der Waals surface area contributed by atoms with Crippen LogP contribution in [0.5, 0.6) is 0 Å². The summed E-state index contributed by atoms with van der Waals surface area (Å²) in [6.45, 7) is 7.49. The van der Waals surface area contributed by atoms with Crippen molar-refractivity contribution >= 4 is 17.3 Å². The van der Waals surface area contributed by atoms with Crippen LogP contribution in [0.25, 0.3) is 0 Å². The molecule has 1 aliphatic rings. The molecule has 0 radical (unpaired) electrons. The van der Waals surface area contributed by atoms with Gasteiger partial charge in [-0.3, -0.25) is 0 Å². The maximum Gasteiger partial charge on any atom is 0.0992 e. The highest BCUT2D eigenvalue weighted by Crippen LogP contribution is 2.30. The van der Waals surface area contributed by atoms with Gasteiger partial charge in [0.2, 0.25) is 0 Å². The van der Waals surface area contributed by atoms with Crippen LogP contribution in [0.1, 0.15) is 32.3 Å². The number of piperidine rings is 1. The molecule has 0 spiro atoms. The molecular weight excluding hydrogens is 270 g/mol. The fourth-order valence-electron chi connectivity index (χ4n) is 2.69. The van der Waals surface area contributed by atoms with Crippen molar-refractivity contribution in [3.05, 3.63) is 28.8 Å². The molecule has 1 heterocycles. The minimum Gasteiger partial charge on any atom is -0.370 e. The van der Waals surface area contributed by atoms with Crippen LogP contribution < -0.4 is 10.2 Å². The van der Waals surface area contributed by atoms with E-state index in [4.69, 9.17) is 16.9 Å². The van der Waals surface area contributed by atoms with Gasteiger partial charge in [-0.25, -0.2) is 0 Å². The molecule has 1 aliphatic heterocycles. The summed E-state index contributed by atoms with van der Waals surface area (Å²) in [5, 5.41) is 13.1. The van der Waals surface area contributed by atoms with E-state index in [1.54, 1.807) is 6.07 Å². The van der Waals surface area contributed by atoms with Gasteiger partial charge in [0.25, 0.3) is 0 Å². The zero-order valence-electron chi connectivity index (χ0n) is 12.2. The first-order valence-corrected chi connectivity index (χ1v) is 7.66. The third-order valence-corrected chi connectivity index (χ3v) is 4.05. The fraction of sp³-hybridized carbons (Fsp3) is 0.562. The highest BCUT2D eigenvalue weighted by atomic mass is 35.5. The van der Waals surface area contributed by atoms with Gasteiger partial charge >= 0.3 is 0 Å². The molecule has 1 fully saturated rings. The number of hydrogen-bond acceptors (Lipinski definition) is 3. The summed E-state index contributed by atoms with van der Waals surface area (Å²) in [6.07, 6.45) is 2.46. The number of rotatable bonds is 4. The second-order valence-corrected chi connectivity index (χ2v) is 6.20. The van der Waals surface area contributed by atoms with E-state index in [-0.39, 0.29) is 0 Å². The first-order valence-electron chi connectivity index (χ1n) is 7.28. The van der Waals surface area contributed by atoms with Crippen molar-refractivity contribution < 1.29 is 0 Å². The minimum atomic E-state index is 0.531. The summed E-state index contributed by atoms with van der Waals surface area (Å²) < 4.78 is 0. The van der Waals surface area contributed by atoms with E-state index in [1.165, 1.54) is 12.8 Å². The highest BCUT2D eigenvalue weighted by Gasteiger charge is 2.21. The van der Waals surface area contributed by atoms with Crippen molar-refractivity contribution in [1.29, 1.82) is 5.26 Å². The molecule has 4 heteroatoms. The first-order chi connectivity index (χ1) is 9.60. The van der Waals surface area contributed by atoms with E-state index in [0.29, 0.717) is 22.5 Å². The number of nitriles is 1. The van der Waals surface area contributed by atoms with Crippen LogP contribution in [-0.4, -0.2) is 25.7 Å². The molecule has 108 valence electrons. The molecular formula is C16H22ClN3. The van der Waals surface area contributed by atoms with Gasteiger partial charge < -0.3 is 10.2 Å². The van der Waals surface area contributed by atoms with E-state index in [1.807, 2.05) is 12.1 Å². The number of hydrogen-bond donors (Lipinski definition) is 1. The number of nitrogens with one attached hydrogen (secondary N) is 1. The Labute approximate surface area is 126 Å². The van der Waals surface area contributed by atoms with Crippen LogP contribution >= 0.6 is 11.6 Å². The van der Waals surface area contributed by atoms with Crippen molar-refractivity contribution in [3.8, 4) is 6.07 Å². The second-order valence-electron chi connectivity index (χ2n) is 5.80. The average Bonchev–Trinajstić information content (AvgIpc) is 2.45. The first kappa shape index (κ1) is 15.2. The third kappa shape index (κ3) is 3.88. The van der Waals surface area contributed by atoms with Crippen molar-refractivity contribution in [2.75, 3.05) is 24.5 Å². The topological polar surface area (TPSA) is 39.1 Å². The average molecular weight is 292 g/mol. The standard InChI is InChI=1S/C16H22ClN3/c1-12(2)19-10-14-4-3-7-20(11-14)16-6-5-13(9-18)8-15(16)17/h5-6,8,12,14,19H,3-4,7,10-11H2,1-2H3. The quantitative estimate of drug-likeness (QED) is 0.924. The highest BCUT2D eigenvalue weighted by molar-refractivity contribution is 6.33. The molecule has 20 heavy (non-hydrogen) atoms. The number of benzene rings is 1. The van der Waals surface area contributed by atoms with Gasteiger partial charge in [-0.05, 0) is 43.5 Å². The van der Waals surface area contributed by atoms with Crippen LogP contribution in [0.4, 0.5) is 5.69 Å². The van der Waals surface area contributed by atoms with Crippen LogP contribution in [-0.2, 0) is 0 Å². The lowest BCUT2D eigenvalue weighted by Gasteiger charge is -2.35. The van der Waals surface area contributed by atoms with Gasteiger partial charge in [-0.15, -0.1) is 0 Å². The van der Waals surface area contributed by atoms with Gasteiger partial charge in [-0.1, -0.05) is 25.4 Å².